The number of pyridine rings is 3. The molecule has 4 aromatic heterocycles. The molecular weight excluding hydrogens is 470 g/mol. The Morgan fingerprint density at radius 2 is 1.15 bits per heavy atom. The third kappa shape index (κ3) is 4.01. The number of aromatic nitrogens is 5. The predicted octanol–water partition coefficient (Wildman–Crippen LogP) is 6.19. The molecular formula is C28H18CuN5. The molecule has 0 spiro atoms. The Morgan fingerprint density at radius 3 is 1.79 bits per heavy atom. The van der Waals surface area contributed by atoms with Crippen LogP contribution >= 0.6 is 0 Å². The van der Waals surface area contributed by atoms with Gasteiger partial charge in [0, 0.05) is 34.7 Å². The monoisotopic (exact) mass is 487 g/mol. The predicted molar refractivity (Wildman–Crippen MR) is 133 cm³/mol. The number of rotatable bonds is 1. The molecule has 0 aliphatic rings. The smallest absolute Gasteiger partial charge is 0.434 e. The van der Waals surface area contributed by atoms with Gasteiger partial charge in [-0.25, -0.2) is 0 Å². The zero-order chi connectivity index (χ0) is 22.0. The van der Waals surface area contributed by atoms with Crippen LogP contribution in [0.15, 0.2) is 110 Å². The quantitative estimate of drug-likeness (QED) is 0.204. The molecule has 0 fully saturated rings. The summed E-state index contributed by atoms with van der Waals surface area (Å²) in [6, 6.07) is 30.1. The first-order valence-corrected chi connectivity index (χ1v) is 10.7. The average Bonchev–Trinajstić information content (AvgIpc) is 3.34. The van der Waals surface area contributed by atoms with Gasteiger partial charge >= 0.3 is 17.1 Å². The van der Waals surface area contributed by atoms with Gasteiger partial charge in [-0.15, -0.1) is 0 Å². The molecule has 0 bridgehead atoms. The van der Waals surface area contributed by atoms with Gasteiger partial charge in [0.15, 0.2) is 0 Å². The van der Waals surface area contributed by atoms with E-state index in [4.69, 9.17) is 0 Å². The van der Waals surface area contributed by atoms with Crippen molar-refractivity contribution in [3.05, 3.63) is 110 Å². The van der Waals surface area contributed by atoms with Crippen molar-refractivity contribution in [2.75, 3.05) is 0 Å². The van der Waals surface area contributed by atoms with Crippen LogP contribution in [-0.2, 0) is 17.1 Å². The molecule has 34 heavy (non-hydrogen) atoms. The van der Waals surface area contributed by atoms with Crippen LogP contribution in [0.4, 0.5) is 0 Å². The first-order valence-electron chi connectivity index (χ1n) is 10.7. The second kappa shape index (κ2) is 9.40. The first kappa shape index (κ1) is 21.7. The van der Waals surface area contributed by atoms with Crippen molar-refractivity contribution < 1.29 is 17.1 Å². The second-order valence-electron chi connectivity index (χ2n) is 7.63. The third-order valence-corrected chi connectivity index (χ3v) is 5.55. The maximum Gasteiger partial charge on any atom is 1.00 e. The van der Waals surface area contributed by atoms with Gasteiger partial charge in [0.25, 0.3) is 0 Å². The SMILES string of the molecule is [Cu+].c1ccc(-c2nc3ccccc3[n-]2)nc1.c1cnc2c(c1)ccc1ccc3cccnc3c12. The largest absolute Gasteiger partial charge is 1.00 e. The first-order chi connectivity index (χ1) is 16.4. The van der Waals surface area contributed by atoms with Crippen LogP contribution in [0.2, 0.25) is 0 Å². The summed E-state index contributed by atoms with van der Waals surface area (Å²) in [5.74, 6) is 0.691. The maximum atomic E-state index is 4.52. The molecule has 4 heterocycles. The number of imidazole rings is 1. The maximum absolute atomic E-state index is 4.52. The van der Waals surface area contributed by atoms with E-state index in [2.05, 4.69) is 61.3 Å². The molecule has 0 unspecified atom stereocenters. The van der Waals surface area contributed by atoms with Crippen LogP contribution in [0.25, 0.3) is 55.1 Å². The van der Waals surface area contributed by atoms with E-state index in [1.165, 1.54) is 5.39 Å². The molecule has 0 saturated carbocycles. The van der Waals surface area contributed by atoms with Gasteiger partial charge < -0.3 is 9.97 Å². The molecule has 7 aromatic rings. The fraction of sp³-hybridized carbons (Fsp3) is 0. The molecule has 0 saturated heterocycles. The Hall–Kier alpha value is -4.12. The van der Waals surface area contributed by atoms with E-state index in [1.807, 2.05) is 67.0 Å². The number of fused-ring (bicyclic) bond motifs is 6. The number of nitrogens with zero attached hydrogens (tertiary/aromatic N) is 5. The molecule has 0 radical (unpaired) electrons. The van der Waals surface area contributed by atoms with Gasteiger partial charge in [0.1, 0.15) is 0 Å². The van der Waals surface area contributed by atoms with Gasteiger partial charge in [-0.1, -0.05) is 66.7 Å². The van der Waals surface area contributed by atoms with E-state index >= 15 is 0 Å². The Bertz CT molecular complexity index is 1620. The van der Waals surface area contributed by atoms with Crippen molar-refractivity contribution in [1.29, 1.82) is 0 Å². The van der Waals surface area contributed by atoms with Crippen molar-refractivity contribution in [1.82, 2.24) is 24.9 Å². The summed E-state index contributed by atoms with van der Waals surface area (Å²) in [5.41, 5.74) is 4.70. The Morgan fingerprint density at radius 1 is 0.529 bits per heavy atom. The van der Waals surface area contributed by atoms with Crippen LogP contribution in [0.1, 0.15) is 0 Å². The van der Waals surface area contributed by atoms with Gasteiger partial charge in [-0.05, 0) is 46.5 Å². The number of para-hydroxylation sites is 2. The average molecular weight is 488 g/mol. The van der Waals surface area contributed by atoms with Crippen molar-refractivity contribution in [2.24, 2.45) is 0 Å². The van der Waals surface area contributed by atoms with Crippen LogP contribution < -0.4 is 4.98 Å². The second-order valence-corrected chi connectivity index (χ2v) is 7.63. The van der Waals surface area contributed by atoms with Crippen molar-refractivity contribution in [2.45, 2.75) is 0 Å². The van der Waals surface area contributed by atoms with Crippen LogP contribution in [0.3, 0.4) is 0 Å². The molecule has 0 aliphatic heterocycles. The summed E-state index contributed by atoms with van der Waals surface area (Å²) in [6.07, 6.45) is 5.42. The Labute approximate surface area is 206 Å². The summed E-state index contributed by atoms with van der Waals surface area (Å²) in [4.78, 5) is 22.1. The minimum atomic E-state index is 0. The topological polar surface area (TPSA) is 65.7 Å². The van der Waals surface area contributed by atoms with Gasteiger partial charge in [0.2, 0.25) is 0 Å². The molecule has 0 aliphatic carbocycles. The van der Waals surface area contributed by atoms with Crippen LogP contribution in [-0.4, -0.2) is 19.9 Å². The van der Waals surface area contributed by atoms with E-state index in [-0.39, 0.29) is 17.1 Å². The summed E-state index contributed by atoms with van der Waals surface area (Å²) in [5, 5.41) is 4.64. The van der Waals surface area contributed by atoms with Crippen LogP contribution in [0, 0.1) is 0 Å². The zero-order valence-corrected chi connectivity index (χ0v) is 18.9. The molecule has 3 aromatic carbocycles. The Kier molecular flexibility index (Phi) is 6.00. The molecule has 7 rings (SSSR count). The van der Waals surface area contributed by atoms with E-state index < -0.39 is 0 Å². The minimum absolute atomic E-state index is 0. The molecule has 0 amide bonds. The summed E-state index contributed by atoms with van der Waals surface area (Å²) < 4.78 is 0. The van der Waals surface area contributed by atoms with E-state index in [0.717, 1.165) is 43.9 Å². The van der Waals surface area contributed by atoms with Crippen molar-refractivity contribution >= 4 is 43.6 Å². The fourth-order valence-corrected chi connectivity index (χ4v) is 4.01. The summed E-state index contributed by atoms with van der Waals surface area (Å²) in [6.45, 7) is 0. The molecule has 0 N–H and O–H groups in total. The third-order valence-electron chi connectivity index (χ3n) is 5.55. The van der Waals surface area contributed by atoms with E-state index in [9.17, 15) is 0 Å². The zero-order valence-electron chi connectivity index (χ0n) is 17.9. The molecule has 6 heteroatoms. The van der Waals surface area contributed by atoms with E-state index in [0.29, 0.717) is 5.82 Å². The molecule has 166 valence electrons. The number of benzene rings is 3. The van der Waals surface area contributed by atoms with Gasteiger partial charge in [0.05, 0.1) is 16.7 Å². The standard InChI is InChI=1S/C16H10N2.C12H8N3.Cu/c1-3-12-7-5-11-6-8-13-4-2-10-18-16(13)14(11)15(12)17-9-1;1-2-6-10-9(5-1)14-12(15-10)11-7-3-4-8-13-11;/h1-10H;1-8H;/q;-1;+1. The minimum Gasteiger partial charge on any atom is -0.434 e. The Balaban J connectivity index is 0.000000140. The normalized spacial score (nSPS) is 10.7. The van der Waals surface area contributed by atoms with Gasteiger partial charge in [-0.3, -0.25) is 15.0 Å². The molecule has 0 atom stereocenters. The number of hydrogen-bond acceptors (Lipinski definition) is 4. The van der Waals surface area contributed by atoms with Crippen molar-refractivity contribution in [3.63, 3.8) is 0 Å². The van der Waals surface area contributed by atoms with Gasteiger partial charge in [-0.2, -0.15) is 0 Å². The summed E-state index contributed by atoms with van der Waals surface area (Å²) >= 11 is 0. The number of hydrogen-bond donors (Lipinski definition) is 0. The van der Waals surface area contributed by atoms with Crippen LogP contribution in [0.5, 0.6) is 0 Å². The molecule has 5 nitrogen and oxygen atoms in total. The fourth-order valence-electron chi connectivity index (χ4n) is 4.01. The van der Waals surface area contributed by atoms with E-state index in [1.54, 1.807) is 6.20 Å². The summed E-state index contributed by atoms with van der Waals surface area (Å²) in [7, 11) is 0. The van der Waals surface area contributed by atoms with Crippen molar-refractivity contribution in [3.8, 4) is 11.5 Å².